The minimum Gasteiger partial charge on any atom is -0.356 e. The third kappa shape index (κ3) is 3.96. The molecule has 1 aromatic heterocycles. The highest BCUT2D eigenvalue weighted by molar-refractivity contribution is 7.94. The zero-order chi connectivity index (χ0) is 16.4. The van der Waals surface area contributed by atoms with Crippen LogP contribution >= 0.6 is 0 Å². The first-order valence-corrected chi connectivity index (χ1v) is 9.67. The van der Waals surface area contributed by atoms with Crippen LogP contribution < -0.4 is 5.32 Å². The molecule has 6 nitrogen and oxygen atoms in total. The summed E-state index contributed by atoms with van der Waals surface area (Å²) in [5.41, 5.74) is 3.49. The van der Waals surface area contributed by atoms with Gasteiger partial charge in [0.05, 0.1) is 5.75 Å². The van der Waals surface area contributed by atoms with E-state index >= 15 is 0 Å². The maximum atomic E-state index is 11.9. The molecule has 0 aromatic carbocycles. The summed E-state index contributed by atoms with van der Waals surface area (Å²) in [5.74, 6) is 0.466. The number of allylic oxidation sites excluding steroid dienone is 1. The van der Waals surface area contributed by atoms with Gasteiger partial charge < -0.3 is 5.32 Å². The molecule has 7 heteroatoms. The van der Waals surface area contributed by atoms with Gasteiger partial charge in [0.1, 0.15) is 5.82 Å². The number of rotatable bonds is 5. The van der Waals surface area contributed by atoms with Crippen LogP contribution in [0, 0.1) is 12.8 Å². The van der Waals surface area contributed by atoms with Gasteiger partial charge in [-0.2, -0.15) is 0 Å². The maximum absolute atomic E-state index is 11.9. The molecule has 2 heterocycles. The molecule has 23 heavy (non-hydrogen) atoms. The molecule has 1 atom stereocenters. The van der Waals surface area contributed by atoms with Crippen molar-refractivity contribution in [1.29, 1.82) is 0 Å². The summed E-state index contributed by atoms with van der Waals surface area (Å²) in [6.07, 6.45) is 5.62. The van der Waals surface area contributed by atoms with Crippen molar-refractivity contribution < 1.29 is 13.2 Å². The lowest BCUT2D eigenvalue weighted by Gasteiger charge is -2.09. The van der Waals surface area contributed by atoms with Gasteiger partial charge in [-0.3, -0.25) is 4.79 Å². The molecule has 124 valence electrons. The lowest BCUT2D eigenvalue weighted by molar-refractivity contribution is -0.121. The Morgan fingerprint density at radius 2 is 2.17 bits per heavy atom. The van der Waals surface area contributed by atoms with E-state index in [0.717, 1.165) is 36.5 Å². The second-order valence-electron chi connectivity index (χ2n) is 6.23. The summed E-state index contributed by atoms with van der Waals surface area (Å²) in [6, 6.07) is 0. The first kappa shape index (κ1) is 16.1. The van der Waals surface area contributed by atoms with Crippen molar-refractivity contribution in [2.75, 3.05) is 12.3 Å². The zero-order valence-electron chi connectivity index (χ0n) is 13.2. The van der Waals surface area contributed by atoms with E-state index in [-0.39, 0.29) is 24.0 Å². The normalized spacial score (nSPS) is 21.3. The highest BCUT2D eigenvalue weighted by Gasteiger charge is 2.23. The molecule has 0 fully saturated rings. The zero-order valence-corrected chi connectivity index (χ0v) is 14.0. The fourth-order valence-electron chi connectivity index (χ4n) is 3.19. The number of fused-ring (bicyclic) bond motifs is 1. The van der Waals surface area contributed by atoms with E-state index in [1.807, 2.05) is 6.92 Å². The van der Waals surface area contributed by atoms with Crippen molar-refractivity contribution >= 4 is 15.7 Å². The van der Waals surface area contributed by atoms with Crippen LogP contribution in [0.3, 0.4) is 0 Å². The predicted octanol–water partition coefficient (Wildman–Crippen LogP) is 0.881. The van der Waals surface area contributed by atoms with E-state index in [1.54, 1.807) is 6.08 Å². The highest BCUT2D eigenvalue weighted by Crippen LogP contribution is 2.22. The van der Waals surface area contributed by atoms with Crippen LogP contribution in [0.5, 0.6) is 0 Å². The number of sulfone groups is 1. The third-order valence-electron chi connectivity index (χ3n) is 4.31. The second-order valence-corrected chi connectivity index (χ2v) is 8.16. The number of carbonyl (C=O) groups excluding carboxylic acids is 1. The molecule has 1 aliphatic heterocycles. The molecular weight excluding hydrogens is 314 g/mol. The fraction of sp³-hybridized carbons (Fsp3) is 0.562. The molecule has 0 unspecified atom stereocenters. The van der Waals surface area contributed by atoms with E-state index in [9.17, 15) is 13.2 Å². The monoisotopic (exact) mass is 335 g/mol. The van der Waals surface area contributed by atoms with Crippen LogP contribution in [0.4, 0.5) is 0 Å². The summed E-state index contributed by atoms with van der Waals surface area (Å²) >= 11 is 0. The molecule has 0 bridgehead atoms. The topological polar surface area (TPSA) is 89.0 Å². The molecule has 2 aliphatic rings. The number of amides is 1. The fourth-order valence-corrected chi connectivity index (χ4v) is 4.58. The molecule has 3 rings (SSSR count). The van der Waals surface area contributed by atoms with Gasteiger partial charge in [0.2, 0.25) is 5.91 Å². The van der Waals surface area contributed by atoms with Gasteiger partial charge in [-0.05, 0) is 31.7 Å². The number of hydrogen-bond donors (Lipinski definition) is 1. The summed E-state index contributed by atoms with van der Waals surface area (Å²) in [4.78, 5) is 21.0. The van der Waals surface area contributed by atoms with Gasteiger partial charge >= 0.3 is 0 Å². The quantitative estimate of drug-likeness (QED) is 0.863. The molecule has 1 aromatic rings. The highest BCUT2D eigenvalue weighted by atomic mass is 32.2. The van der Waals surface area contributed by atoms with Crippen LogP contribution in [0.1, 0.15) is 35.6 Å². The van der Waals surface area contributed by atoms with Crippen LogP contribution in [-0.2, 0) is 33.9 Å². The van der Waals surface area contributed by atoms with Crippen LogP contribution in [0.25, 0.3) is 0 Å². The van der Waals surface area contributed by atoms with Crippen LogP contribution in [0.15, 0.2) is 11.5 Å². The lowest BCUT2D eigenvalue weighted by Crippen LogP contribution is -2.28. The first-order valence-electron chi connectivity index (χ1n) is 7.96. The van der Waals surface area contributed by atoms with Crippen molar-refractivity contribution in [3.05, 3.63) is 34.3 Å². The van der Waals surface area contributed by atoms with E-state index in [4.69, 9.17) is 0 Å². The van der Waals surface area contributed by atoms with Gasteiger partial charge in [-0.1, -0.05) is 6.08 Å². The van der Waals surface area contributed by atoms with E-state index in [0.29, 0.717) is 13.0 Å². The van der Waals surface area contributed by atoms with Crippen molar-refractivity contribution in [3.8, 4) is 0 Å². The molecule has 0 spiro atoms. The largest absolute Gasteiger partial charge is 0.356 e. The van der Waals surface area contributed by atoms with Gasteiger partial charge in [-0.25, -0.2) is 18.4 Å². The summed E-state index contributed by atoms with van der Waals surface area (Å²) in [7, 11) is -3.10. The number of carbonyl (C=O) groups is 1. The van der Waals surface area contributed by atoms with E-state index in [2.05, 4.69) is 15.3 Å². The van der Waals surface area contributed by atoms with Crippen molar-refractivity contribution in [2.45, 2.75) is 39.0 Å². The molecule has 1 N–H and O–H groups in total. The Bertz CT molecular complexity index is 756. The maximum Gasteiger partial charge on any atom is 0.220 e. The smallest absolute Gasteiger partial charge is 0.220 e. The Morgan fingerprint density at radius 1 is 1.35 bits per heavy atom. The van der Waals surface area contributed by atoms with Crippen molar-refractivity contribution in [3.63, 3.8) is 0 Å². The Hall–Kier alpha value is -1.76. The molecule has 1 aliphatic carbocycles. The predicted molar refractivity (Wildman–Crippen MR) is 86.5 cm³/mol. The van der Waals surface area contributed by atoms with Crippen LogP contribution in [-0.4, -0.2) is 36.6 Å². The van der Waals surface area contributed by atoms with Crippen molar-refractivity contribution in [2.24, 2.45) is 5.92 Å². The number of hydrogen-bond acceptors (Lipinski definition) is 5. The third-order valence-corrected chi connectivity index (χ3v) is 5.77. The number of nitrogens with zero attached hydrogens (tertiary/aromatic N) is 2. The Balaban J connectivity index is 1.47. The number of nitrogens with one attached hydrogen (secondary N) is 1. The molecule has 0 saturated heterocycles. The average molecular weight is 335 g/mol. The minimum absolute atomic E-state index is 0.0353. The Labute approximate surface area is 136 Å². The summed E-state index contributed by atoms with van der Waals surface area (Å²) in [5, 5.41) is 4.03. The van der Waals surface area contributed by atoms with Gasteiger partial charge in [0.25, 0.3) is 0 Å². The molecule has 0 radical (unpaired) electrons. The van der Waals surface area contributed by atoms with Gasteiger partial charge in [-0.15, -0.1) is 0 Å². The van der Waals surface area contributed by atoms with Gasteiger partial charge in [0.15, 0.2) is 9.84 Å². The van der Waals surface area contributed by atoms with E-state index < -0.39 is 9.84 Å². The second kappa shape index (κ2) is 6.39. The summed E-state index contributed by atoms with van der Waals surface area (Å²) < 4.78 is 22.6. The number of aromatic nitrogens is 2. The van der Waals surface area contributed by atoms with E-state index in [1.165, 1.54) is 11.0 Å². The number of aryl methyl sites for hydroxylation is 2. The lowest BCUT2D eigenvalue weighted by atomic mass is 10.1. The standard InChI is InChI=1S/C16H21N3O3S/c1-11-13-3-2-4-14(13)19-15(18-11)5-7-17-16(20)9-12-6-8-23(21,22)10-12/h6,8,12H,2-5,7,9-10H2,1H3,(H,17,20)/t12-/m0/s1. The Morgan fingerprint density at radius 3 is 2.91 bits per heavy atom. The minimum atomic E-state index is -3.10. The van der Waals surface area contributed by atoms with Crippen molar-refractivity contribution in [1.82, 2.24) is 15.3 Å². The van der Waals surface area contributed by atoms with Crippen LogP contribution in [0.2, 0.25) is 0 Å². The summed E-state index contributed by atoms with van der Waals surface area (Å²) in [6.45, 7) is 2.49. The Kier molecular flexibility index (Phi) is 4.48. The van der Waals surface area contributed by atoms with Gasteiger partial charge in [0, 0.05) is 42.1 Å². The first-order chi connectivity index (χ1) is 10.9. The average Bonchev–Trinajstić information content (AvgIpc) is 3.05. The molecule has 0 saturated carbocycles. The SMILES string of the molecule is Cc1nc(CCNC(=O)C[C@@H]2C=CS(=O)(=O)C2)nc2c1CCC2. The molecular formula is C16H21N3O3S. The molecule has 1 amide bonds.